The molecule has 1 unspecified atom stereocenters. The molecule has 0 aliphatic rings. The molecule has 1 nitrogen and oxygen atoms in total. The van der Waals surface area contributed by atoms with Gasteiger partial charge in [-0.25, -0.2) is 8.78 Å². The van der Waals surface area contributed by atoms with Gasteiger partial charge in [0.15, 0.2) is 0 Å². The van der Waals surface area contributed by atoms with Crippen LogP contribution in [0.2, 0.25) is 0 Å². The summed E-state index contributed by atoms with van der Waals surface area (Å²) < 4.78 is 123. The van der Waals surface area contributed by atoms with Crippen LogP contribution in [0.4, 0.5) is 43.9 Å². The predicted octanol–water partition coefficient (Wildman–Crippen LogP) is 3.17. The number of rotatable bonds is 5. The van der Waals surface area contributed by atoms with E-state index in [0.29, 0.717) is 0 Å². The Balaban J connectivity index is 5.74. The summed E-state index contributed by atoms with van der Waals surface area (Å²) in [6.07, 6.45) is -8.74. The van der Waals surface area contributed by atoms with Crippen molar-refractivity contribution in [3.63, 3.8) is 0 Å². The second-order valence-corrected chi connectivity index (χ2v) is 3.37. The van der Waals surface area contributed by atoms with Crippen molar-refractivity contribution in [1.82, 2.24) is 0 Å². The largest absolute Gasteiger partial charge is 0.387 e. The first-order valence-electron chi connectivity index (χ1n) is 4.11. The average Bonchev–Trinajstić information content (AvgIpc) is 2.15. The maximum atomic E-state index is 12.6. The Morgan fingerprint density at radius 3 is 1.22 bits per heavy atom. The van der Waals surface area contributed by atoms with Crippen molar-refractivity contribution < 1.29 is 49.0 Å². The van der Waals surface area contributed by atoms with Gasteiger partial charge in [0.05, 0.1) is 0 Å². The minimum Gasteiger partial charge on any atom is -0.387 e. The molecule has 0 aromatic heterocycles. The lowest BCUT2D eigenvalue weighted by Gasteiger charge is -2.37. The van der Waals surface area contributed by atoms with Crippen molar-refractivity contribution >= 4 is 0 Å². The first kappa shape index (κ1) is 17.3. The highest BCUT2D eigenvalue weighted by Gasteiger charge is 2.83. The fourth-order valence-corrected chi connectivity index (χ4v) is 0.818. The van der Waals surface area contributed by atoms with E-state index >= 15 is 0 Å². The zero-order valence-corrected chi connectivity index (χ0v) is 8.38. The summed E-state index contributed by atoms with van der Waals surface area (Å²) in [6, 6.07) is 0. The van der Waals surface area contributed by atoms with E-state index in [1.807, 2.05) is 0 Å². The molecular formula is C7H6F10O. The van der Waals surface area contributed by atoms with Gasteiger partial charge >= 0.3 is 30.1 Å². The quantitative estimate of drug-likeness (QED) is 0.773. The normalized spacial score (nSPS) is 17.2. The van der Waals surface area contributed by atoms with Gasteiger partial charge in [-0.2, -0.15) is 35.1 Å². The molecule has 0 heterocycles. The van der Waals surface area contributed by atoms with Crippen molar-refractivity contribution in [2.45, 2.75) is 43.1 Å². The topological polar surface area (TPSA) is 20.2 Å². The third-order valence-electron chi connectivity index (χ3n) is 2.03. The Morgan fingerprint density at radius 2 is 1.00 bits per heavy atom. The molecule has 1 atom stereocenters. The first-order valence-corrected chi connectivity index (χ1v) is 4.11. The summed E-state index contributed by atoms with van der Waals surface area (Å²) in [5.74, 6) is -26.6. The van der Waals surface area contributed by atoms with Crippen LogP contribution in [0.1, 0.15) is 6.92 Å². The highest BCUT2D eigenvalue weighted by molar-refractivity contribution is 5.06. The molecule has 18 heavy (non-hydrogen) atoms. The first-order chi connectivity index (χ1) is 7.64. The lowest BCUT2D eigenvalue weighted by atomic mass is 9.96. The second-order valence-electron chi connectivity index (χ2n) is 3.37. The van der Waals surface area contributed by atoms with Gasteiger partial charge < -0.3 is 5.11 Å². The standard InChI is InChI=1S/C7H6F10O/c1-2(18)4(10,11)6(14,15)7(16,17)5(12,13)3(8)9/h2-3,18H,1H3. The fourth-order valence-electron chi connectivity index (χ4n) is 0.818. The van der Waals surface area contributed by atoms with Crippen molar-refractivity contribution in [3.05, 3.63) is 0 Å². The molecule has 110 valence electrons. The molecule has 0 radical (unpaired) electrons. The minimum absolute atomic E-state index is 0.0789. The molecule has 0 bridgehead atoms. The summed E-state index contributed by atoms with van der Waals surface area (Å²) in [5.41, 5.74) is 0. The summed E-state index contributed by atoms with van der Waals surface area (Å²) >= 11 is 0. The smallest absolute Gasteiger partial charge is 0.384 e. The molecule has 11 heteroatoms. The van der Waals surface area contributed by atoms with E-state index in [9.17, 15) is 43.9 Å². The van der Waals surface area contributed by atoms with Crippen LogP contribution in [0, 0.1) is 0 Å². The molecule has 0 rings (SSSR count). The molecular weight excluding hydrogens is 290 g/mol. The summed E-state index contributed by atoms with van der Waals surface area (Å²) in [4.78, 5) is 0. The number of hydrogen-bond acceptors (Lipinski definition) is 1. The van der Waals surface area contributed by atoms with Crippen LogP contribution in [-0.4, -0.2) is 41.3 Å². The lowest BCUT2D eigenvalue weighted by Crippen LogP contribution is -2.66. The molecule has 0 aliphatic heterocycles. The Hall–Kier alpha value is -0.740. The monoisotopic (exact) mass is 296 g/mol. The van der Waals surface area contributed by atoms with Gasteiger partial charge in [-0.05, 0) is 6.92 Å². The van der Waals surface area contributed by atoms with Crippen LogP contribution in [0.3, 0.4) is 0 Å². The highest BCUT2D eigenvalue weighted by Crippen LogP contribution is 2.55. The van der Waals surface area contributed by atoms with Crippen molar-refractivity contribution in [3.8, 4) is 0 Å². The molecule has 1 N–H and O–H groups in total. The minimum atomic E-state index is -7.05. The van der Waals surface area contributed by atoms with Crippen LogP contribution in [0.5, 0.6) is 0 Å². The Labute approximate surface area is 93.4 Å². The van der Waals surface area contributed by atoms with Gasteiger partial charge in [0.25, 0.3) is 0 Å². The second kappa shape index (κ2) is 4.42. The summed E-state index contributed by atoms with van der Waals surface area (Å²) in [7, 11) is 0. The molecule has 0 spiro atoms. The summed E-state index contributed by atoms with van der Waals surface area (Å²) in [6.45, 7) is -0.0789. The van der Waals surface area contributed by atoms with Crippen LogP contribution in [0.25, 0.3) is 0 Å². The third-order valence-corrected chi connectivity index (χ3v) is 2.03. The summed E-state index contributed by atoms with van der Waals surface area (Å²) in [5, 5.41) is 8.19. The van der Waals surface area contributed by atoms with Crippen molar-refractivity contribution in [2.75, 3.05) is 0 Å². The van der Waals surface area contributed by atoms with Gasteiger partial charge in [-0.3, -0.25) is 0 Å². The predicted molar refractivity (Wildman–Crippen MR) is 37.5 cm³/mol. The number of halogens is 10. The molecule has 0 saturated carbocycles. The maximum absolute atomic E-state index is 12.6. The Kier molecular flexibility index (Phi) is 4.24. The SMILES string of the molecule is CC(O)C(F)(F)C(F)(F)C(F)(F)C(F)(F)C(F)F. The molecule has 0 aliphatic carbocycles. The Morgan fingerprint density at radius 1 is 0.722 bits per heavy atom. The average molecular weight is 296 g/mol. The fraction of sp³-hybridized carbons (Fsp3) is 1.00. The molecule has 0 amide bonds. The van der Waals surface area contributed by atoms with E-state index in [4.69, 9.17) is 5.11 Å². The van der Waals surface area contributed by atoms with E-state index in [2.05, 4.69) is 0 Å². The van der Waals surface area contributed by atoms with Crippen molar-refractivity contribution in [2.24, 2.45) is 0 Å². The van der Waals surface area contributed by atoms with Gasteiger partial charge in [-0.1, -0.05) is 0 Å². The number of alkyl halides is 10. The van der Waals surface area contributed by atoms with Gasteiger partial charge in [0.2, 0.25) is 0 Å². The lowest BCUT2D eigenvalue weighted by molar-refractivity contribution is -0.393. The van der Waals surface area contributed by atoms with Crippen LogP contribution in [0.15, 0.2) is 0 Å². The van der Waals surface area contributed by atoms with Crippen LogP contribution in [-0.2, 0) is 0 Å². The highest BCUT2D eigenvalue weighted by atomic mass is 19.4. The zero-order valence-electron chi connectivity index (χ0n) is 8.38. The number of hydrogen-bond donors (Lipinski definition) is 1. The molecule has 0 saturated heterocycles. The van der Waals surface area contributed by atoms with E-state index in [1.165, 1.54) is 0 Å². The maximum Gasteiger partial charge on any atom is 0.384 e. The van der Waals surface area contributed by atoms with Crippen LogP contribution < -0.4 is 0 Å². The van der Waals surface area contributed by atoms with E-state index in [-0.39, 0.29) is 6.92 Å². The molecule has 0 aromatic rings. The van der Waals surface area contributed by atoms with Crippen LogP contribution >= 0.6 is 0 Å². The van der Waals surface area contributed by atoms with E-state index in [0.717, 1.165) is 0 Å². The van der Waals surface area contributed by atoms with Gasteiger partial charge in [0, 0.05) is 0 Å². The van der Waals surface area contributed by atoms with Gasteiger partial charge in [-0.15, -0.1) is 0 Å². The number of aliphatic hydroxyl groups is 1. The number of aliphatic hydroxyl groups excluding tert-OH is 1. The van der Waals surface area contributed by atoms with E-state index in [1.54, 1.807) is 0 Å². The molecule has 0 aromatic carbocycles. The molecule has 0 fully saturated rings. The third kappa shape index (κ3) is 2.12. The van der Waals surface area contributed by atoms with Gasteiger partial charge in [0.1, 0.15) is 6.10 Å². The van der Waals surface area contributed by atoms with E-state index < -0.39 is 36.2 Å². The van der Waals surface area contributed by atoms with Crippen molar-refractivity contribution in [1.29, 1.82) is 0 Å². The Bertz CT molecular complexity index is 267. The zero-order chi connectivity index (χ0) is 15.2.